The molecule has 0 saturated carbocycles. The molecule has 14 heavy (non-hydrogen) atoms. The van der Waals surface area contributed by atoms with Gasteiger partial charge in [0.15, 0.2) is 0 Å². The van der Waals surface area contributed by atoms with Gasteiger partial charge in [-0.2, -0.15) is 0 Å². The molecule has 0 radical (unpaired) electrons. The number of ether oxygens (including phenoxy) is 1. The Bertz CT molecular complexity index is 216. The largest absolute Gasteiger partial charge is 0.382 e. The zero-order valence-corrected chi connectivity index (χ0v) is 11.8. The lowest BCUT2D eigenvalue weighted by Crippen LogP contribution is -2.28. The van der Waals surface area contributed by atoms with Gasteiger partial charge in [-0.3, -0.25) is 0 Å². The molecule has 4 nitrogen and oxygen atoms in total. The first-order valence-corrected chi connectivity index (χ1v) is 9.83. The Morgan fingerprint density at radius 2 is 1.43 bits per heavy atom. The number of rotatable bonds is 4. The van der Waals surface area contributed by atoms with E-state index in [4.69, 9.17) is 8.61 Å². The molecule has 0 atom stereocenters. The van der Waals surface area contributed by atoms with Crippen LogP contribution in [0, 0.1) is 0 Å². The second-order valence-corrected chi connectivity index (χ2v) is 9.98. The third kappa shape index (κ3) is 22.7. The highest BCUT2D eigenvalue weighted by molar-refractivity contribution is 7.87. The van der Waals surface area contributed by atoms with Crippen LogP contribution in [0.15, 0.2) is 0 Å². The van der Waals surface area contributed by atoms with E-state index in [2.05, 4.69) is 0 Å². The van der Waals surface area contributed by atoms with Crippen LogP contribution >= 0.6 is 0 Å². The van der Waals surface area contributed by atoms with E-state index in [0.29, 0.717) is 0 Å². The van der Waals surface area contributed by atoms with Gasteiger partial charge in [-0.25, -0.2) is 8.42 Å². The minimum absolute atomic E-state index is 0.844. The van der Waals surface area contributed by atoms with Crippen molar-refractivity contribution in [2.24, 2.45) is 0 Å². The van der Waals surface area contributed by atoms with Crippen molar-refractivity contribution < 1.29 is 17.0 Å². The summed E-state index contributed by atoms with van der Waals surface area (Å²) in [4.78, 5) is 0. The molecule has 0 saturated heterocycles. The minimum atomic E-state index is -3.22. The van der Waals surface area contributed by atoms with Gasteiger partial charge in [-0.15, -0.1) is 0 Å². The Balaban J connectivity index is 0. The van der Waals surface area contributed by atoms with E-state index in [1.54, 1.807) is 0 Å². The quantitative estimate of drug-likeness (QED) is 0.706. The summed E-state index contributed by atoms with van der Waals surface area (Å²) in [7, 11) is -5.10. The van der Waals surface area contributed by atoms with Crippen molar-refractivity contribution >= 4 is 18.4 Å². The smallest absolute Gasteiger partial charge is 0.254 e. The molecule has 0 spiro atoms. The lowest BCUT2D eigenvalue weighted by atomic mass is 10.8. The molecule has 0 fully saturated rings. The summed E-state index contributed by atoms with van der Waals surface area (Å²) in [6, 6.07) is 0. The van der Waals surface area contributed by atoms with Crippen molar-refractivity contribution in [1.29, 1.82) is 0 Å². The zero-order valence-electron chi connectivity index (χ0n) is 9.96. The summed E-state index contributed by atoms with van der Waals surface area (Å²) in [5.74, 6) is 0. The highest BCUT2D eigenvalue weighted by Gasteiger charge is 2.20. The predicted molar refractivity (Wildman–Crippen MR) is 61.4 cm³/mol. The van der Waals surface area contributed by atoms with Crippen molar-refractivity contribution in [2.75, 3.05) is 19.5 Å². The Hall–Kier alpha value is 0.0869. The van der Waals surface area contributed by atoms with E-state index in [9.17, 15) is 8.42 Å². The molecular formula is C8H22O4SSi. The molecule has 6 heteroatoms. The molecule has 88 valence electrons. The van der Waals surface area contributed by atoms with Crippen LogP contribution in [0.2, 0.25) is 19.6 Å². The van der Waals surface area contributed by atoms with Crippen LogP contribution in [0.4, 0.5) is 0 Å². The Kier molecular flexibility index (Phi) is 8.71. The van der Waals surface area contributed by atoms with Crippen LogP contribution in [0.5, 0.6) is 0 Å². The normalized spacial score (nSPS) is 11.9. The first-order valence-electron chi connectivity index (χ1n) is 4.60. The topological polar surface area (TPSA) is 52.6 Å². The number of hydrogen-bond acceptors (Lipinski definition) is 4. The van der Waals surface area contributed by atoms with Gasteiger partial charge < -0.3 is 8.61 Å². The molecule has 0 aliphatic heterocycles. The Morgan fingerprint density at radius 3 is 1.43 bits per heavy atom. The lowest BCUT2D eigenvalue weighted by Gasteiger charge is -2.13. The van der Waals surface area contributed by atoms with E-state index >= 15 is 0 Å². The summed E-state index contributed by atoms with van der Waals surface area (Å²) in [5.41, 5.74) is 0. The van der Waals surface area contributed by atoms with Gasteiger partial charge in [0.2, 0.25) is 8.32 Å². The van der Waals surface area contributed by atoms with Crippen molar-refractivity contribution in [1.82, 2.24) is 0 Å². The van der Waals surface area contributed by atoms with Gasteiger partial charge in [0.25, 0.3) is 10.1 Å². The van der Waals surface area contributed by atoms with Gasteiger partial charge in [-0.1, -0.05) is 0 Å². The third-order valence-electron chi connectivity index (χ3n) is 0.810. The van der Waals surface area contributed by atoms with Crippen LogP contribution in [-0.2, 0) is 18.7 Å². The van der Waals surface area contributed by atoms with Crippen molar-refractivity contribution in [3.05, 3.63) is 0 Å². The maximum absolute atomic E-state index is 10.5. The molecule has 0 rings (SSSR count). The lowest BCUT2D eigenvalue weighted by molar-refractivity contribution is 0.162. The monoisotopic (exact) mass is 242 g/mol. The van der Waals surface area contributed by atoms with E-state index < -0.39 is 18.4 Å². The van der Waals surface area contributed by atoms with Gasteiger partial charge in [-0.05, 0) is 33.5 Å². The fourth-order valence-corrected chi connectivity index (χ4v) is 4.29. The van der Waals surface area contributed by atoms with Crippen LogP contribution in [-0.4, -0.2) is 36.2 Å². The molecule has 0 aliphatic carbocycles. The van der Waals surface area contributed by atoms with E-state index in [-0.39, 0.29) is 0 Å². The first-order chi connectivity index (χ1) is 6.12. The van der Waals surface area contributed by atoms with Crippen LogP contribution in [0.3, 0.4) is 0 Å². The minimum Gasteiger partial charge on any atom is -0.382 e. The number of hydrogen-bond donors (Lipinski definition) is 0. The van der Waals surface area contributed by atoms with Gasteiger partial charge in [0.05, 0.1) is 6.26 Å². The average molecular weight is 242 g/mol. The molecule has 0 aliphatic rings. The summed E-state index contributed by atoms with van der Waals surface area (Å²) >= 11 is 0. The SMILES string of the molecule is CCOCC.C[Si](C)(C)OS(C)(=O)=O. The highest BCUT2D eigenvalue weighted by atomic mass is 32.2. The van der Waals surface area contributed by atoms with Gasteiger partial charge >= 0.3 is 0 Å². The van der Waals surface area contributed by atoms with Crippen LogP contribution in [0.1, 0.15) is 13.8 Å². The van der Waals surface area contributed by atoms with Crippen LogP contribution < -0.4 is 0 Å². The summed E-state index contributed by atoms with van der Waals surface area (Å²) < 4.78 is 30.5. The third-order valence-corrected chi connectivity index (χ3v) is 4.02. The van der Waals surface area contributed by atoms with Gasteiger partial charge in [0.1, 0.15) is 0 Å². The molecule has 0 aromatic carbocycles. The fraction of sp³-hybridized carbons (Fsp3) is 1.00. The molecule has 0 N–H and O–H groups in total. The summed E-state index contributed by atoms with van der Waals surface area (Å²) in [6.07, 6.45) is 1.07. The maximum atomic E-state index is 10.5. The molecular weight excluding hydrogens is 220 g/mol. The molecule has 0 aromatic rings. The first kappa shape index (κ1) is 16.5. The zero-order chi connectivity index (χ0) is 11.8. The van der Waals surface area contributed by atoms with Crippen LogP contribution in [0.25, 0.3) is 0 Å². The summed E-state index contributed by atoms with van der Waals surface area (Å²) in [6.45, 7) is 11.1. The van der Waals surface area contributed by atoms with Crippen molar-refractivity contribution in [2.45, 2.75) is 33.5 Å². The Morgan fingerprint density at radius 1 is 1.07 bits per heavy atom. The van der Waals surface area contributed by atoms with Crippen molar-refractivity contribution in [3.63, 3.8) is 0 Å². The maximum Gasteiger partial charge on any atom is 0.254 e. The highest BCUT2D eigenvalue weighted by Crippen LogP contribution is 2.05. The van der Waals surface area contributed by atoms with Gasteiger partial charge in [0, 0.05) is 13.2 Å². The Labute approximate surface area is 88.9 Å². The standard InChI is InChI=1S/C4H12O3SSi.C4H10O/c1-8(5,6)7-9(2,3)4;1-3-5-4-2/h1-4H3;3-4H2,1-2H3. The molecule has 0 aromatic heterocycles. The van der Waals surface area contributed by atoms with E-state index in [0.717, 1.165) is 19.5 Å². The van der Waals surface area contributed by atoms with E-state index in [1.165, 1.54) is 0 Å². The molecule has 0 amide bonds. The molecule has 0 unspecified atom stereocenters. The summed E-state index contributed by atoms with van der Waals surface area (Å²) in [5, 5.41) is 0. The van der Waals surface area contributed by atoms with E-state index in [1.807, 2.05) is 33.5 Å². The second kappa shape index (κ2) is 7.39. The molecule has 0 heterocycles. The second-order valence-electron chi connectivity index (χ2n) is 3.68. The molecule has 0 bridgehead atoms. The average Bonchev–Trinajstić information content (AvgIpc) is 1.81. The fourth-order valence-electron chi connectivity index (χ4n) is 0.658. The predicted octanol–water partition coefficient (Wildman–Crippen LogP) is 1.84. The van der Waals surface area contributed by atoms with Crippen molar-refractivity contribution in [3.8, 4) is 0 Å².